The van der Waals surface area contributed by atoms with E-state index in [1.165, 1.54) is 0 Å². The molecular formula is C13H24N2O3. The SMILES string of the molecule is CC(=O)N(C(C)C)C1CCCCC1NCC(=O)O. The van der Waals surface area contributed by atoms with Crippen molar-refractivity contribution >= 4 is 11.9 Å². The first-order valence-electron chi connectivity index (χ1n) is 6.67. The fourth-order valence-corrected chi connectivity index (χ4v) is 2.88. The molecule has 1 fully saturated rings. The molecule has 18 heavy (non-hydrogen) atoms. The molecule has 104 valence electrons. The van der Waals surface area contributed by atoms with E-state index < -0.39 is 5.97 Å². The predicted octanol–water partition coefficient (Wildman–Crippen LogP) is 1.23. The predicted molar refractivity (Wildman–Crippen MR) is 69.3 cm³/mol. The van der Waals surface area contributed by atoms with E-state index in [1.807, 2.05) is 18.7 Å². The molecule has 2 unspecified atom stereocenters. The summed E-state index contributed by atoms with van der Waals surface area (Å²) in [6, 6.07) is 0.372. The van der Waals surface area contributed by atoms with Crippen LogP contribution in [0.3, 0.4) is 0 Å². The maximum Gasteiger partial charge on any atom is 0.317 e. The topological polar surface area (TPSA) is 69.6 Å². The monoisotopic (exact) mass is 256 g/mol. The zero-order valence-electron chi connectivity index (χ0n) is 11.5. The van der Waals surface area contributed by atoms with Gasteiger partial charge < -0.3 is 15.3 Å². The molecule has 1 aliphatic carbocycles. The van der Waals surface area contributed by atoms with Crippen LogP contribution in [0, 0.1) is 0 Å². The van der Waals surface area contributed by atoms with Crippen molar-refractivity contribution in [2.75, 3.05) is 6.54 Å². The number of nitrogens with zero attached hydrogens (tertiary/aromatic N) is 1. The third-order valence-corrected chi connectivity index (χ3v) is 3.52. The highest BCUT2D eigenvalue weighted by atomic mass is 16.4. The Hall–Kier alpha value is -1.10. The Morgan fingerprint density at radius 2 is 1.94 bits per heavy atom. The second kappa shape index (κ2) is 6.73. The second-order valence-corrected chi connectivity index (χ2v) is 5.25. The number of carbonyl (C=O) groups excluding carboxylic acids is 1. The van der Waals surface area contributed by atoms with Crippen molar-refractivity contribution in [3.05, 3.63) is 0 Å². The Kier molecular flexibility index (Phi) is 5.59. The normalized spacial score (nSPS) is 24.0. The van der Waals surface area contributed by atoms with Crippen LogP contribution in [-0.4, -0.2) is 46.6 Å². The number of nitrogens with one attached hydrogen (secondary N) is 1. The van der Waals surface area contributed by atoms with Gasteiger partial charge in [-0.25, -0.2) is 0 Å². The van der Waals surface area contributed by atoms with Gasteiger partial charge in [0.2, 0.25) is 5.91 Å². The molecule has 0 aromatic rings. The van der Waals surface area contributed by atoms with Crippen LogP contribution in [0.2, 0.25) is 0 Å². The van der Waals surface area contributed by atoms with Crippen molar-refractivity contribution in [2.45, 2.75) is 64.6 Å². The number of hydrogen-bond donors (Lipinski definition) is 2. The van der Waals surface area contributed by atoms with E-state index in [-0.39, 0.29) is 30.6 Å². The van der Waals surface area contributed by atoms with Crippen molar-refractivity contribution < 1.29 is 14.7 Å². The lowest BCUT2D eigenvalue weighted by atomic mass is 9.88. The van der Waals surface area contributed by atoms with Gasteiger partial charge in [0.05, 0.1) is 6.54 Å². The van der Waals surface area contributed by atoms with Gasteiger partial charge in [0, 0.05) is 25.0 Å². The van der Waals surface area contributed by atoms with Crippen molar-refractivity contribution in [1.82, 2.24) is 10.2 Å². The number of amides is 1. The zero-order valence-corrected chi connectivity index (χ0v) is 11.5. The summed E-state index contributed by atoms with van der Waals surface area (Å²) >= 11 is 0. The van der Waals surface area contributed by atoms with Crippen LogP contribution in [0.15, 0.2) is 0 Å². The first kappa shape index (κ1) is 15.0. The molecule has 1 saturated carbocycles. The number of carbonyl (C=O) groups is 2. The van der Waals surface area contributed by atoms with Crippen molar-refractivity contribution in [3.63, 3.8) is 0 Å². The summed E-state index contributed by atoms with van der Waals surface area (Å²) in [5, 5.41) is 11.8. The first-order chi connectivity index (χ1) is 8.43. The van der Waals surface area contributed by atoms with Gasteiger partial charge >= 0.3 is 5.97 Å². The first-order valence-corrected chi connectivity index (χ1v) is 6.67. The molecule has 0 bridgehead atoms. The van der Waals surface area contributed by atoms with E-state index >= 15 is 0 Å². The lowest BCUT2D eigenvalue weighted by Gasteiger charge is -2.42. The molecular weight excluding hydrogens is 232 g/mol. The summed E-state index contributed by atoms with van der Waals surface area (Å²) in [6.45, 7) is 5.56. The molecule has 2 N–H and O–H groups in total. The number of carboxylic acid groups (broad SMARTS) is 1. The van der Waals surface area contributed by atoms with Gasteiger partial charge in [-0.3, -0.25) is 9.59 Å². The molecule has 0 saturated heterocycles. The Morgan fingerprint density at radius 3 is 2.44 bits per heavy atom. The molecule has 0 aromatic carbocycles. The number of carboxylic acids is 1. The van der Waals surface area contributed by atoms with E-state index in [4.69, 9.17) is 5.11 Å². The Bertz CT molecular complexity index is 305. The highest BCUT2D eigenvalue weighted by Gasteiger charge is 2.32. The molecule has 1 rings (SSSR count). The van der Waals surface area contributed by atoms with Crippen LogP contribution in [0.25, 0.3) is 0 Å². The van der Waals surface area contributed by atoms with Crippen molar-refractivity contribution in [3.8, 4) is 0 Å². The third-order valence-electron chi connectivity index (χ3n) is 3.52. The smallest absolute Gasteiger partial charge is 0.317 e. The average molecular weight is 256 g/mol. The molecule has 0 aliphatic heterocycles. The largest absolute Gasteiger partial charge is 0.480 e. The standard InChI is InChI=1S/C13H24N2O3/c1-9(2)15(10(3)16)12-7-5-4-6-11(12)14-8-13(17)18/h9,11-12,14H,4-8H2,1-3H3,(H,17,18). The van der Waals surface area contributed by atoms with Gasteiger partial charge in [0.15, 0.2) is 0 Å². The summed E-state index contributed by atoms with van der Waals surface area (Å²) in [6.07, 6.45) is 4.09. The zero-order chi connectivity index (χ0) is 13.7. The van der Waals surface area contributed by atoms with Crippen LogP contribution in [0.4, 0.5) is 0 Å². The fourth-order valence-electron chi connectivity index (χ4n) is 2.88. The second-order valence-electron chi connectivity index (χ2n) is 5.25. The molecule has 0 radical (unpaired) electrons. The summed E-state index contributed by atoms with van der Waals surface area (Å²) in [5.41, 5.74) is 0. The van der Waals surface area contributed by atoms with Gasteiger partial charge in [0.1, 0.15) is 0 Å². The summed E-state index contributed by atoms with van der Waals surface area (Å²) in [5.74, 6) is -0.780. The lowest BCUT2D eigenvalue weighted by Crippen LogP contribution is -2.56. The fraction of sp³-hybridized carbons (Fsp3) is 0.846. The van der Waals surface area contributed by atoms with Crippen LogP contribution >= 0.6 is 0 Å². The number of aliphatic carboxylic acids is 1. The van der Waals surface area contributed by atoms with E-state index in [0.717, 1.165) is 25.7 Å². The summed E-state index contributed by atoms with van der Waals surface area (Å²) < 4.78 is 0. The van der Waals surface area contributed by atoms with Gasteiger partial charge in [-0.2, -0.15) is 0 Å². The van der Waals surface area contributed by atoms with E-state index in [2.05, 4.69) is 5.32 Å². The summed E-state index contributed by atoms with van der Waals surface area (Å²) in [7, 11) is 0. The van der Waals surface area contributed by atoms with Gasteiger partial charge in [-0.15, -0.1) is 0 Å². The van der Waals surface area contributed by atoms with Crippen LogP contribution in [-0.2, 0) is 9.59 Å². The highest BCUT2D eigenvalue weighted by molar-refractivity contribution is 5.74. The van der Waals surface area contributed by atoms with Crippen LogP contribution in [0.5, 0.6) is 0 Å². The van der Waals surface area contributed by atoms with E-state index in [0.29, 0.717) is 0 Å². The Labute approximate surface area is 109 Å². The maximum atomic E-state index is 11.8. The molecule has 0 spiro atoms. The Balaban J connectivity index is 2.73. The van der Waals surface area contributed by atoms with Gasteiger partial charge in [-0.05, 0) is 26.7 Å². The third kappa shape index (κ3) is 3.98. The minimum Gasteiger partial charge on any atom is -0.480 e. The highest BCUT2D eigenvalue weighted by Crippen LogP contribution is 2.25. The average Bonchev–Trinajstić information content (AvgIpc) is 2.26. The number of rotatable bonds is 5. The molecule has 1 amide bonds. The van der Waals surface area contributed by atoms with Crippen LogP contribution < -0.4 is 5.32 Å². The maximum absolute atomic E-state index is 11.8. The van der Waals surface area contributed by atoms with Gasteiger partial charge in [-0.1, -0.05) is 12.8 Å². The number of hydrogen-bond acceptors (Lipinski definition) is 3. The van der Waals surface area contributed by atoms with Crippen molar-refractivity contribution in [2.24, 2.45) is 0 Å². The minimum absolute atomic E-state index is 0.0367. The van der Waals surface area contributed by atoms with E-state index in [1.54, 1.807) is 6.92 Å². The quantitative estimate of drug-likeness (QED) is 0.776. The molecule has 0 heterocycles. The Morgan fingerprint density at radius 1 is 1.33 bits per heavy atom. The molecule has 0 aromatic heterocycles. The molecule has 5 nitrogen and oxygen atoms in total. The van der Waals surface area contributed by atoms with Gasteiger partial charge in [0.25, 0.3) is 0 Å². The summed E-state index contributed by atoms with van der Waals surface area (Å²) in [4.78, 5) is 24.3. The molecule has 5 heteroatoms. The van der Waals surface area contributed by atoms with Crippen molar-refractivity contribution in [1.29, 1.82) is 0 Å². The minimum atomic E-state index is -0.849. The van der Waals surface area contributed by atoms with Crippen LogP contribution in [0.1, 0.15) is 46.5 Å². The molecule has 1 aliphatic rings. The molecule has 2 atom stereocenters. The van der Waals surface area contributed by atoms with E-state index in [9.17, 15) is 9.59 Å². The lowest BCUT2D eigenvalue weighted by molar-refractivity contribution is -0.136.